The standard InChI is InChI=1S/C39H41ClFN5O3/c1-4-28-32(40)8-5-22-11-26(47)13-30(33(22)28)34-29(21(2)3)14-31-36(35(34)41)43-38(44-37(31)45-15-23-6-7-24(16-45)42-23)49-20-39(9-10-39)19-46-17-27-12-25(46)18-48-27/h1,5,8,11,13-14,21,23-25,27,42,47H,6-7,9-10,12,15-20H2,2-3H3/t23?,24?,25-,27-/m0/s1. The molecule has 9 rings (SSSR count). The molecule has 4 atom stereocenters. The number of nitrogens with one attached hydrogen (secondary N) is 1. The van der Waals surface area contributed by atoms with Crippen LogP contribution in [0.3, 0.4) is 0 Å². The molecule has 1 saturated carbocycles. The van der Waals surface area contributed by atoms with Crippen LogP contribution in [-0.4, -0.2) is 83.6 Å². The second-order valence-electron chi connectivity index (χ2n) is 15.3. The van der Waals surface area contributed by atoms with Crippen LogP contribution < -0.4 is 15.0 Å². The maximum atomic E-state index is 17.5. The van der Waals surface area contributed by atoms with E-state index in [0.29, 0.717) is 74.5 Å². The molecule has 0 spiro atoms. The van der Waals surface area contributed by atoms with Gasteiger partial charge in [0.05, 0.1) is 29.9 Å². The van der Waals surface area contributed by atoms with Crippen molar-refractivity contribution in [1.29, 1.82) is 0 Å². The van der Waals surface area contributed by atoms with E-state index < -0.39 is 5.82 Å². The van der Waals surface area contributed by atoms with E-state index in [0.717, 1.165) is 70.5 Å². The third-order valence-electron chi connectivity index (χ3n) is 11.5. The number of benzene rings is 3. The van der Waals surface area contributed by atoms with Gasteiger partial charge in [0.1, 0.15) is 17.1 Å². The lowest BCUT2D eigenvalue weighted by Crippen LogP contribution is -2.51. The van der Waals surface area contributed by atoms with Gasteiger partial charge in [-0.2, -0.15) is 9.97 Å². The molecule has 1 aliphatic carbocycles. The van der Waals surface area contributed by atoms with Crippen LogP contribution in [0, 0.1) is 23.6 Å². The number of halogens is 2. The van der Waals surface area contributed by atoms with E-state index in [-0.39, 0.29) is 28.6 Å². The number of phenolic OH excluding ortho intramolecular Hbond substituents is 1. The Labute approximate surface area is 290 Å². The normalized spacial score (nSPS) is 25.5. The lowest BCUT2D eigenvalue weighted by Gasteiger charge is -2.34. The van der Waals surface area contributed by atoms with E-state index in [4.69, 9.17) is 37.5 Å². The van der Waals surface area contributed by atoms with Gasteiger partial charge in [0, 0.05) is 66.1 Å². The van der Waals surface area contributed by atoms with Crippen LogP contribution in [0.1, 0.15) is 63.0 Å². The molecule has 0 amide bonds. The fourth-order valence-corrected chi connectivity index (χ4v) is 9.04. The number of likely N-dealkylation sites (tertiary alicyclic amines) is 1. The molecule has 254 valence electrons. The first-order valence-electron chi connectivity index (χ1n) is 17.6. The monoisotopic (exact) mass is 681 g/mol. The van der Waals surface area contributed by atoms with E-state index in [1.165, 1.54) is 0 Å². The van der Waals surface area contributed by atoms with Gasteiger partial charge in [-0.15, -0.1) is 6.42 Å². The molecule has 8 nitrogen and oxygen atoms in total. The topological polar surface area (TPSA) is 83.0 Å². The summed E-state index contributed by atoms with van der Waals surface area (Å²) < 4.78 is 29.9. The number of terminal acetylenes is 1. The molecule has 5 fully saturated rings. The summed E-state index contributed by atoms with van der Waals surface area (Å²) in [5.74, 6) is 2.88. The molecule has 2 unspecified atom stereocenters. The zero-order valence-corrected chi connectivity index (χ0v) is 28.7. The summed E-state index contributed by atoms with van der Waals surface area (Å²) in [6.07, 6.45) is 11.8. The summed E-state index contributed by atoms with van der Waals surface area (Å²) in [4.78, 5) is 14.7. The number of rotatable bonds is 8. The summed E-state index contributed by atoms with van der Waals surface area (Å²) in [7, 11) is 0. The zero-order chi connectivity index (χ0) is 33.6. The lowest BCUT2D eigenvalue weighted by molar-refractivity contribution is 0.0176. The van der Waals surface area contributed by atoms with Crippen molar-refractivity contribution < 1.29 is 19.0 Å². The van der Waals surface area contributed by atoms with Crippen molar-refractivity contribution in [3.63, 3.8) is 0 Å². The number of anilines is 1. The van der Waals surface area contributed by atoms with E-state index in [9.17, 15) is 5.11 Å². The van der Waals surface area contributed by atoms with Gasteiger partial charge in [0.2, 0.25) is 0 Å². The van der Waals surface area contributed by atoms with Crippen molar-refractivity contribution in [3.05, 3.63) is 52.3 Å². The van der Waals surface area contributed by atoms with Gasteiger partial charge >= 0.3 is 6.01 Å². The number of ether oxygens (including phenoxy) is 2. The highest BCUT2D eigenvalue weighted by Crippen LogP contribution is 2.49. The number of fused-ring (bicyclic) bond motifs is 6. The van der Waals surface area contributed by atoms with Crippen molar-refractivity contribution in [3.8, 4) is 35.2 Å². The number of nitrogens with zero attached hydrogens (tertiary/aromatic N) is 4. The fourth-order valence-electron chi connectivity index (χ4n) is 8.82. The predicted octanol–water partition coefficient (Wildman–Crippen LogP) is 6.63. The van der Waals surface area contributed by atoms with Crippen LogP contribution in [0.4, 0.5) is 10.2 Å². The maximum Gasteiger partial charge on any atom is 0.319 e. The minimum absolute atomic E-state index is 0.0122. The number of phenols is 1. The number of hydrogen-bond acceptors (Lipinski definition) is 8. The second-order valence-corrected chi connectivity index (χ2v) is 15.7. The Balaban J connectivity index is 1.18. The summed E-state index contributed by atoms with van der Waals surface area (Å²) in [6, 6.07) is 10.2. The molecular weight excluding hydrogens is 641 g/mol. The third kappa shape index (κ3) is 5.39. The average Bonchev–Trinajstić information content (AvgIpc) is 3.34. The average molecular weight is 682 g/mol. The van der Waals surface area contributed by atoms with Crippen LogP contribution in [0.5, 0.6) is 11.8 Å². The van der Waals surface area contributed by atoms with Gasteiger partial charge in [-0.3, -0.25) is 4.90 Å². The van der Waals surface area contributed by atoms with Crippen molar-refractivity contribution in [2.45, 2.75) is 76.1 Å². The molecule has 2 N–H and O–H groups in total. The van der Waals surface area contributed by atoms with Gasteiger partial charge < -0.3 is 24.8 Å². The lowest BCUT2D eigenvalue weighted by atomic mass is 9.86. The molecule has 49 heavy (non-hydrogen) atoms. The first-order chi connectivity index (χ1) is 23.7. The molecule has 10 heteroatoms. The Hall–Kier alpha value is -3.68. The fraction of sp³-hybridized carbons (Fsp3) is 0.487. The number of piperazine rings is 1. The Kier molecular flexibility index (Phi) is 7.48. The first-order valence-corrected chi connectivity index (χ1v) is 18.0. The SMILES string of the molecule is C#Cc1c(Cl)ccc2cc(O)cc(-c3c(C(C)C)cc4c(N5CC6CCC(C5)N6)nc(OCC5(CN6C[C@@H]7C[C@H]6CO7)CC5)nc4c3F)c12. The van der Waals surface area contributed by atoms with Gasteiger partial charge in [-0.1, -0.05) is 37.4 Å². The summed E-state index contributed by atoms with van der Waals surface area (Å²) >= 11 is 6.59. The Morgan fingerprint density at radius 3 is 2.63 bits per heavy atom. The van der Waals surface area contributed by atoms with Gasteiger partial charge in [0.25, 0.3) is 0 Å². The van der Waals surface area contributed by atoms with Gasteiger partial charge in [-0.25, -0.2) is 4.39 Å². The predicted molar refractivity (Wildman–Crippen MR) is 190 cm³/mol. The van der Waals surface area contributed by atoms with Crippen LogP contribution >= 0.6 is 11.6 Å². The van der Waals surface area contributed by atoms with E-state index in [1.54, 1.807) is 24.3 Å². The third-order valence-corrected chi connectivity index (χ3v) is 11.9. The van der Waals surface area contributed by atoms with Crippen molar-refractivity contribution in [2.24, 2.45) is 5.41 Å². The van der Waals surface area contributed by atoms with Crippen LogP contribution in [0.2, 0.25) is 5.02 Å². The molecule has 4 saturated heterocycles. The number of morpholine rings is 1. The van der Waals surface area contributed by atoms with E-state index in [2.05, 4.69) is 21.0 Å². The number of hydrogen-bond donors (Lipinski definition) is 2. The Morgan fingerprint density at radius 1 is 1.16 bits per heavy atom. The molecule has 5 heterocycles. The molecule has 4 bridgehead atoms. The van der Waals surface area contributed by atoms with E-state index in [1.807, 2.05) is 19.9 Å². The smallest absolute Gasteiger partial charge is 0.319 e. The van der Waals surface area contributed by atoms with Gasteiger partial charge in [0.15, 0.2) is 5.82 Å². The Morgan fingerprint density at radius 2 is 1.96 bits per heavy atom. The molecule has 4 aliphatic heterocycles. The molecule has 4 aromatic rings. The van der Waals surface area contributed by atoms with Gasteiger partial charge in [-0.05, 0) is 78.8 Å². The van der Waals surface area contributed by atoms with Crippen molar-refractivity contribution >= 4 is 39.1 Å². The number of aromatic nitrogens is 2. The quantitative estimate of drug-likeness (QED) is 0.201. The molecule has 0 radical (unpaired) electrons. The second kappa shape index (κ2) is 11.7. The summed E-state index contributed by atoms with van der Waals surface area (Å²) in [5.41, 5.74) is 2.32. The van der Waals surface area contributed by atoms with Crippen molar-refractivity contribution in [1.82, 2.24) is 20.2 Å². The minimum atomic E-state index is -0.489. The molecule has 1 aromatic heterocycles. The van der Waals surface area contributed by atoms with Crippen molar-refractivity contribution in [2.75, 3.05) is 44.3 Å². The van der Waals surface area contributed by atoms with Crippen LogP contribution in [0.15, 0.2) is 30.3 Å². The highest BCUT2D eigenvalue weighted by molar-refractivity contribution is 6.33. The molecule has 3 aromatic carbocycles. The summed E-state index contributed by atoms with van der Waals surface area (Å²) in [5, 5.41) is 16.9. The summed E-state index contributed by atoms with van der Waals surface area (Å²) in [6.45, 7) is 8.91. The highest BCUT2D eigenvalue weighted by atomic mass is 35.5. The van der Waals surface area contributed by atoms with Crippen LogP contribution in [-0.2, 0) is 4.74 Å². The first kappa shape index (κ1) is 31.3. The molecule has 5 aliphatic rings. The van der Waals surface area contributed by atoms with Crippen LogP contribution in [0.25, 0.3) is 32.8 Å². The largest absolute Gasteiger partial charge is 0.508 e. The zero-order valence-electron chi connectivity index (χ0n) is 27.9. The Bertz CT molecular complexity index is 2030. The maximum absolute atomic E-state index is 17.5. The number of aromatic hydroxyl groups is 1. The highest BCUT2D eigenvalue weighted by Gasteiger charge is 2.49. The minimum Gasteiger partial charge on any atom is -0.508 e. The van der Waals surface area contributed by atoms with E-state index >= 15 is 4.39 Å². The molecular formula is C39H41ClFN5O3.